The topological polar surface area (TPSA) is 21.3 Å². The van der Waals surface area contributed by atoms with Crippen molar-refractivity contribution >= 4 is 5.57 Å². The van der Waals surface area contributed by atoms with Gasteiger partial charge in [-0.3, -0.25) is 0 Å². The van der Waals surface area contributed by atoms with Crippen molar-refractivity contribution in [2.45, 2.75) is 116 Å². The van der Waals surface area contributed by atoms with Crippen LogP contribution in [0.1, 0.15) is 121 Å². The smallest absolute Gasteiger partial charge is 0.0598 e. The van der Waals surface area contributed by atoms with Crippen LogP contribution in [0.3, 0.4) is 0 Å². The van der Waals surface area contributed by atoms with Crippen LogP contribution in [0.2, 0.25) is 0 Å². The Kier molecular flexibility index (Phi) is 8.74. The first-order valence-electron chi connectivity index (χ1n) is 14.2. The molecule has 1 aromatic carbocycles. The molecule has 0 aliphatic heterocycles. The van der Waals surface area contributed by atoms with Crippen LogP contribution in [0, 0.1) is 11.8 Å². The van der Waals surface area contributed by atoms with Crippen LogP contribution >= 0.6 is 0 Å². The molecule has 0 aromatic heterocycles. The zero-order valence-corrected chi connectivity index (χ0v) is 21.9. The standard InChI is InChI=1S/C31H49NO/c1-5-33-22-31(19-24(4)32-21-23(2)3)20-28(26-15-10-7-11-16-26)30-27(17-12-18-29(30)31)25-13-8-6-9-14-25/h12,17-18,20,23-26,32H,5-11,13-16,19,21-22H2,1-4H3. The molecule has 2 nitrogen and oxygen atoms in total. The van der Waals surface area contributed by atoms with Crippen molar-refractivity contribution < 1.29 is 4.74 Å². The largest absolute Gasteiger partial charge is 0.380 e. The Labute approximate surface area is 204 Å². The molecule has 2 heteroatoms. The van der Waals surface area contributed by atoms with Crippen molar-refractivity contribution in [2.24, 2.45) is 11.8 Å². The molecule has 2 unspecified atom stereocenters. The highest BCUT2D eigenvalue weighted by atomic mass is 16.5. The van der Waals surface area contributed by atoms with Gasteiger partial charge in [-0.25, -0.2) is 0 Å². The highest BCUT2D eigenvalue weighted by Gasteiger charge is 2.43. The number of fused-ring (bicyclic) bond motifs is 1. The average molecular weight is 452 g/mol. The molecule has 0 heterocycles. The van der Waals surface area contributed by atoms with Crippen LogP contribution in [0.5, 0.6) is 0 Å². The summed E-state index contributed by atoms with van der Waals surface area (Å²) < 4.78 is 6.25. The molecule has 0 bridgehead atoms. The predicted molar refractivity (Wildman–Crippen MR) is 142 cm³/mol. The maximum atomic E-state index is 6.25. The molecule has 2 fully saturated rings. The van der Waals surface area contributed by atoms with Gasteiger partial charge >= 0.3 is 0 Å². The third kappa shape index (κ3) is 5.76. The lowest BCUT2D eigenvalue weighted by Crippen LogP contribution is -2.39. The number of nitrogens with one attached hydrogen (secondary N) is 1. The summed E-state index contributed by atoms with van der Waals surface area (Å²) in [5.41, 5.74) is 6.61. The average Bonchev–Trinajstić information content (AvgIpc) is 3.17. The minimum atomic E-state index is 0.00615. The summed E-state index contributed by atoms with van der Waals surface area (Å²) in [6.07, 6.45) is 17.8. The van der Waals surface area contributed by atoms with Gasteiger partial charge in [0, 0.05) is 18.1 Å². The van der Waals surface area contributed by atoms with Gasteiger partial charge in [-0.15, -0.1) is 0 Å². The van der Waals surface area contributed by atoms with Crippen molar-refractivity contribution in [1.82, 2.24) is 5.32 Å². The van der Waals surface area contributed by atoms with Crippen molar-refractivity contribution in [2.75, 3.05) is 19.8 Å². The van der Waals surface area contributed by atoms with E-state index >= 15 is 0 Å². The maximum absolute atomic E-state index is 6.25. The van der Waals surface area contributed by atoms with E-state index in [0.717, 1.165) is 38.0 Å². The van der Waals surface area contributed by atoms with Crippen LogP contribution < -0.4 is 5.32 Å². The Morgan fingerprint density at radius 2 is 1.61 bits per heavy atom. The van der Waals surface area contributed by atoms with Crippen molar-refractivity contribution in [3.8, 4) is 0 Å². The van der Waals surface area contributed by atoms with Gasteiger partial charge in [0.05, 0.1) is 6.61 Å². The van der Waals surface area contributed by atoms with E-state index in [1.165, 1.54) is 64.2 Å². The molecule has 1 N–H and O–H groups in total. The molecule has 2 atom stereocenters. The Morgan fingerprint density at radius 3 is 2.24 bits per heavy atom. The molecule has 0 spiro atoms. The molecular formula is C31H49NO. The predicted octanol–water partition coefficient (Wildman–Crippen LogP) is 8.01. The van der Waals surface area contributed by atoms with E-state index < -0.39 is 0 Å². The number of rotatable bonds is 10. The lowest BCUT2D eigenvalue weighted by molar-refractivity contribution is 0.102. The van der Waals surface area contributed by atoms with Crippen molar-refractivity contribution in [3.63, 3.8) is 0 Å². The van der Waals surface area contributed by atoms with Gasteiger partial charge in [0.15, 0.2) is 0 Å². The summed E-state index contributed by atoms with van der Waals surface area (Å²) in [4.78, 5) is 0. The van der Waals surface area contributed by atoms with Crippen molar-refractivity contribution in [3.05, 3.63) is 41.0 Å². The summed E-state index contributed by atoms with van der Waals surface area (Å²) in [5, 5.41) is 3.83. The second-order valence-electron chi connectivity index (χ2n) is 11.7. The fourth-order valence-electron chi connectivity index (χ4n) is 6.93. The van der Waals surface area contributed by atoms with E-state index in [1.807, 2.05) is 0 Å². The SMILES string of the molecule is CCOCC1(CC(C)NCC(C)C)C=C(C2CCCCC2)c2c(C3CCCCC3)cccc21. The quantitative estimate of drug-likeness (QED) is 0.389. The summed E-state index contributed by atoms with van der Waals surface area (Å²) in [6, 6.07) is 7.79. The second kappa shape index (κ2) is 11.5. The summed E-state index contributed by atoms with van der Waals surface area (Å²) in [6.45, 7) is 11.8. The molecule has 33 heavy (non-hydrogen) atoms. The summed E-state index contributed by atoms with van der Waals surface area (Å²) in [7, 11) is 0. The van der Waals surface area contributed by atoms with E-state index in [4.69, 9.17) is 4.74 Å². The Morgan fingerprint density at radius 1 is 0.939 bits per heavy atom. The first-order valence-corrected chi connectivity index (χ1v) is 14.2. The van der Waals surface area contributed by atoms with E-state index in [0.29, 0.717) is 12.0 Å². The fourth-order valence-corrected chi connectivity index (χ4v) is 6.93. The molecule has 2 saturated carbocycles. The molecule has 0 radical (unpaired) electrons. The Bertz CT molecular complexity index is 784. The number of allylic oxidation sites excluding steroid dienone is 1. The highest BCUT2D eigenvalue weighted by molar-refractivity contribution is 5.81. The van der Waals surface area contributed by atoms with E-state index in [2.05, 4.69) is 57.3 Å². The van der Waals surface area contributed by atoms with Gasteiger partial charge in [-0.2, -0.15) is 0 Å². The van der Waals surface area contributed by atoms with Gasteiger partial charge in [-0.1, -0.05) is 76.6 Å². The highest BCUT2D eigenvalue weighted by Crippen LogP contribution is 2.52. The third-order valence-electron chi connectivity index (χ3n) is 8.55. The second-order valence-corrected chi connectivity index (χ2v) is 11.7. The molecule has 1 aromatic rings. The normalized spacial score (nSPS) is 25.3. The number of benzene rings is 1. The van der Waals surface area contributed by atoms with Gasteiger partial charge in [-0.05, 0) is 92.5 Å². The first-order chi connectivity index (χ1) is 16.0. The molecule has 184 valence electrons. The van der Waals surface area contributed by atoms with Gasteiger partial charge in [0.2, 0.25) is 0 Å². The Hall–Kier alpha value is -1.12. The molecule has 0 amide bonds. The minimum Gasteiger partial charge on any atom is -0.380 e. The number of hydrogen-bond donors (Lipinski definition) is 1. The monoisotopic (exact) mass is 451 g/mol. The molecule has 4 rings (SSSR count). The van der Waals surface area contributed by atoms with Crippen LogP contribution in [0.4, 0.5) is 0 Å². The zero-order chi connectivity index (χ0) is 23.3. The first kappa shape index (κ1) is 25.0. The van der Waals surface area contributed by atoms with Gasteiger partial charge in [0.1, 0.15) is 0 Å². The maximum Gasteiger partial charge on any atom is 0.0598 e. The van der Waals surface area contributed by atoms with Crippen LogP contribution in [-0.4, -0.2) is 25.8 Å². The summed E-state index contributed by atoms with van der Waals surface area (Å²) in [5.74, 6) is 2.17. The number of ether oxygens (including phenoxy) is 1. The molecule has 3 aliphatic rings. The Balaban J connectivity index is 1.75. The van der Waals surface area contributed by atoms with E-state index in [9.17, 15) is 0 Å². The third-order valence-corrected chi connectivity index (χ3v) is 8.55. The van der Waals surface area contributed by atoms with Crippen molar-refractivity contribution in [1.29, 1.82) is 0 Å². The molecule has 0 saturated heterocycles. The molecule has 3 aliphatic carbocycles. The lowest BCUT2D eigenvalue weighted by Gasteiger charge is -2.33. The zero-order valence-electron chi connectivity index (χ0n) is 21.9. The van der Waals surface area contributed by atoms with Gasteiger partial charge < -0.3 is 10.1 Å². The van der Waals surface area contributed by atoms with E-state index in [1.54, 1.807) is 22.3 Å². The van der Waals surface area contributed by atoms with Gasteiger partial charge in [0.25, 0.3) is 0 Å². The minimum absolute atomic E-state index is 0.00615. The number of hydrogen-bond acceptors (Lipinski definition) is 2. The summed E-state index contributed by atoms with van der Waals surface area (Å²) >= 11 is 0. The molecular weight excluding hydrogens is 402 g/mol. The van der Waals surface area contributed by atoms with E-state index in [-0.39, 0.29) is 5.41 Å². The van der Waals surface area contributed by atoms with Crippen LogP contribution in [0.15, 0.2) is 24.3 Å². The van der Waals surface area contributed by atoms with Crippen LogP contribution in [0.25, 0.3) is 5.57 Å². The van der Waals surface area contributed by atoms with Crippen LogP contribution in [-0.2, 0) is 10.2 Å². The lowest BCUT2D eigenvalue weighted by atomic mass is 9.74. The fraction of sp³-hybridized carbons (Fsp3) is 0.742.